The van der Waals surface area contributed by atoms with E-state index in [-0.39, 0.29) is 0 Å². The molecule has 1 aliphatic heterocycles. The second-order valence-corrected chi connectivity index (χ2v) is 5.81. The van der Waals surface area contributed by atoms with Gasteiger partial charge in [-0.25, -0.2) is 0 Å². The quantitative estimate of drug-likeness (QED) is 0.723. The molecule has 0 bridgehead atoms. The third kappa shape index (κ3) is 4.13. The molecular weight excluding hydrogens is 198 g/mol. The number of hydrogen-bond donors (Lipinski definition) is 1. The van der Waals surface area contributed by atoms with Crippen LogP contribution in [0.1, 0.15) is 20.3 Å². The van der Waals surface area contributed by atoms with Gasteiger partial charge in [-0.3, -0.25) is 0 Å². The molecule has 13 heavy (non-hydrogen) atoms. The molecule has 1 rings (SSSR count). The molecule has 78 valence electrons. The molecule has 0 aromatic rings. The van der Waals surface area contributed by atoms with E-state index in [1.807, 2.05) is 0 Å². The Hall–Kier alpha value is 0.660. The first-order chi connectivity index (χ1) is 6.26. The minimum Gasteiger partial charge on any atom is -0.301 e. The van der Waals surface area contributed by atoms with E-state index in [2.05, 4.69) is 43.1 Å². The topological polar surface area (TPSA) is 3.24 Å². The smallest absolute Gasteiger partial charge is 0.0147 e. The summed E-state index contributed by atoms with van der Waals surface area (Å²) in [5, 5.41) is 0.825. The van der Waals surface area contributed by atoms with Crippen LogP contribution < -0.4 is 0 Å². The zero-order chi connectivity index (χ0) is 9.68. The summed E-state index contributed by atoms with van der Waals surface area (Å²) in [6, 6.07) is 0. The van der Waals surface area contributed by atoms with Crippen molar-refractivity contribution in [2.75, 3.05) is 31.1 Å². The SMILES string of the molecule is CCC(CS)CN1CCSC(C)C1. The molecule has 1 heterocycles. The highest BCUT2D eigenvalue weighted by Crippen LogP contribution is 2.19. The van der Waals surface area contributed by atoms with Crippen LogP contribution in [0.25, 0.3) is 0 Å². The number of hydrogen-bond acceptors (Lipinski definition) is 3. The maximum atomic E-state index is 4.39. The van der Waals surface area contributed by atoms with Crippen LogP contribution in [0.5, 0.6) is 0 Å². The molecule has 0 aromatic carbocycles. The summed E-state index contributed by atoms with van der Waals surface area (Å²) < 4.78 is 0. The normalized spacial score (nSPS) is 27.5. The molecule has 0 amide bonds. The Balaban J connectivity index is 2.26. The van der Waals surface area contributed by atoms with Crippen LogP contribution in [0.15, 0.2) is 0 Å². The maximum absolute atomic E-state index is 4.39. The zero-order valence-corrected chi connectivity index (χ0v) is 10.4. The monoisotopic (exact) mass is 219 g/mol. The minimum atomic E-state index is 0.790. The van der Waals surface area contributed by atoms with Crippen molar-refractivity contribution in [3.05, 3.63) is 0 Å². The van der Waals surface area contributed by atoms with E-state index in [0.717, 1.165) is 16.9 Å². The maximum Gasteiger partial charge on any atom is 0.0147 e. The predicted molar refractivity (Wildman–Crippen MR) is 66.0 cm³/mol. The van der Waals surface area contributed by atoms with Gasteiger partial charge >= 0.3 is 0 Å². The lowest BCUT2D eigenvalue weighted by molar-refractivity contribution is 0.247. The molecule has 0 aromatic heterocycles. The summed E-state index contributed by atoms with van der Waals surface area (Å²) in [5.74, 6) is 3.14. The van der Waals surface area contributed by atoms with Gasteiger partial charge in [0.25, 0.3) is 0 Å². The molecule has 1 aliphatic rings. The van der Waals surface area contributed by atoms with Crippen molar-refractivity contribution in [1.82, 2.24) is 4.90 Å². The first kappa shape index (κ1) is 11.7. The molecule has 1 nitrogen and oxygen atoms in total. The molecule has 0 aliphatic carbocycles. The number of thioether (sulfide) groups is 1. The largest absolute Gasteiger partial charge is 0.301 e. The highest BCUT2D eigenvalue weighted by molar-refractivity contribution is 7.99. The van der Waals surface area contributed by atoms with Crippen molar-refractivity contribution >= 4 is 24.4 Å². The van der Waals surface area contributed by atoms with Crippen LogP contribution in [-0.4, -0.2) is 41.3 Å². The van der Waals surface area contributed by atoms with Gasteiger partial charge in [0.2, 0.25) is 0 Å². The molecule has 0 spiro atoms. The summed E-state index contributed by atoms with van der Waals surface area (Å²) in [6.45, 7) is 8.40. The Bertz CT molecular complexity index is 137. The second kappa shape index (κ2) is 6.20. The van der Waals surface area contributed by atoms with Crippen molar-refractivity contribution in [2.24, 2.45) is 5.92 Å². The first-order valence-electron chi connectivity index (χ1n) is 5.21. The van der Waals surface area contributed by atoms with E-state index in [1.165, 1.54) is 31.8 Å². The van der Waals surface area contributed by atoms with Crippen LogP contribution >= 0.6 is 24.4 Å². The van der Waals surface area contributed by atoms with Crippen molar-refractivity contribution in [3.8, 4) is 0 Å². The van der Waals surface area contributed by atoms with Crippen molar-refractivity contribution < 1.29 is 0 Å². The van der Waals surface area contributed by atoms with Gasteiger partial charge in [-0.15, -0.1) is 0 Å². The fourth-order valence-electron chi connectivity index (χ4n) is 1.74. The van der Waals surface area contributed by atoms with Gasteiger partial charge in [0.1, 0.15) is 0 Å². The molecule has 3 heteroatoms. The summed E-state index contributed by atoms with van der Waals surface area (Å²) in [6.07, 6.45) is 1.27. The Labute approximate surface area is 92.1 Å². The summed E-state index contributed by atoms with van der Waals surface area (Å²) in [4.78, 5) is 2.60. The van der Waals surface area contributed by atoms with Gasteiger partial charge in [-0.2, -0.15) is 24.4 Å². The molecule has 2 atom stereocenters. The minimum absolute atomic E-state index is 0.790. The number of rotatable bonds is 4. The van der Waals surface area contributed by atoms with Gasteiger partial charge in [0.05, 0.1) is 0 Å². The van der Waals surface area contributed by atoms with E-state index < -0.39 is 0 Å². The molecule has 0 N–H and O–H groups in total. The summed E-state index contributed by atoms with van der Waals surface area (Å²) >= 11 is 6.49. The van der Waals surface area contributed by atoms with Crippen LogP contribution in [0.3, 0.4) is 0 Å². The zero-order valence-electron chi connectivity index (χ0n) is 8.70. The van der Waals surface area contributed by atoms with Crippen LogP contribution in [-0.2, 0) is 0 Å². The number of nitrogens with zero attached hydrogens (tertiary/aromatic N) is 1. The molecule has 0 saturated carbocycles. The van der Waals surface area contributed by atoms with Crippen LogP contribution in [0.4, 0.5) is 0 Å². The highest BCUT2D eigenvalue weighted by atomic mass is 32.2. The Morgan fingerprint density at radius 1 is 1.62 bits per heavy atom. The average Bonchev–Trinajstić information content (AvgIpc) is 2.14. The van der Waals surface area contributed by atoms with Gasteiger partial charge in [0, 0.05) is 30.6 Å². The van der Waals surface area contributed by atoms with E-state index in [9.17, 15) is 0 Å². The second-order valence-electron chi connectivity index (χ2n) is 3.90. The lowest BCUT2D eigenvalue weighted by Gasteiger charge is -2.32. The lowest BCUT2D eigenvalue weighted by Crippen LogP contribution is -2.39. The fraction of sp³-hybridized carbons (Fsp3) is 1.00. The molecular formula is C10H21NS2. The Morgan fingerprint density at radius 3 is 2.92 bits per heavy atom. The third-order valence-electron chi connectivity index (χ3n) is 2.68. The highest BCUT2D eigenvalue weighted by Gasteiger charge is 2.18. The number of thiol groups is 1. The summed E-state index contributed by atoms with van der Waals surface area (Å²) in [7, 11) is 0. The average molecular weight is 219 g/mol. The summed E-state index contributed by atoms with van der Waals surface area (Å²) in [5.41, 5.74) is 0. The van der Waals surface area contributed by atoms with Gasteiger partial charge < -0.3 is 4.90 Å². The van der Waals surface area contributed by atoms with Crippen LogP contribution in [0, 0.1) is 5.92 Å². The van der Waals surface area contributed by atoms with E-state index >= 15 is 0 Å². The van der Waals surface area contributed by atoms with E-state index in [1.54, 1.807) is 0 Å². The van der Waals surface area contributed by atoms with Crippen LogP contribution in [0.2, 0.25) is 0 Å². The van der Waals surface area contributed by atoms with Crippen molar-refractivity contribution in [2.45, 2.75) is 25.5 Å². The van der Waals surface area contributed by atoms with Gasteiger partial charge in [-0.1, -0.05) is 20.3 Å². The Morgan fingerprint density at radius 2 is 2.38 bits per heavy atom. The fourth-order valence-corrected chi connectivity index (χ4v) is 3.19. The van der Waals surface area contributed by atoms with E-state index in [4.69, 9.17) is 0 Å². The van der Waals surface area contributed by atoms with Gasteiger partial charge in [-0.05, 0) is 11.7 Å². The molecule has 1 saturated heterocycles. The lowest BCUT2D eigenvalue weighted by atomic mass is 10.1. The van der Waals surface area contributed by atoms with Crippen molar-refractivity contribution in [1.29, 1.82) is 0 Å². The molecule has 1 fully saturated rings. The van der Waals surface area contributed by atoms with Crippen molar-refractivity contribution in [3.63, 3.8) is 0 Å². The standard InChI is InChI=1S/C10H21NS2/c1-3-10(8-12)7-11-4-5-13-9(2)6-11/h9-10,12H,3-8H2,1-2H3. The molecule has 2 unspecified atom stereocenters. The van der Waals surface area contributed by atoms with E-state index in [0.29, 0.717) is 0 Å². The third-order valence-corrected chi connectivity index (χ3v) is 4.33. The first-order valence-corrected chi connectivity index (χ1v) is 6.89. The Kier molecular flexibility index (Phi) is 5.60. The predicted octanol–water partition coefficient (Wildman–Crippen LogP) is 2.38. The van der Waals surface area contributed by atoms with Gasteiger partial charge in [0.15, 0.2) is 0 Å². The molecule has 0 radical (unpaired) electrons.